The number of anilines is 2. The van der Waals surface area contributed by atoms with E-state index in [4.69, 9.17) is 4.74 Å². The normalized spacial score (nSPS) is 10.2. The van der Waals surface area contributed by atoms with Crippen LogP contribution in [0.2, 0.25) is 0 Å². The number of non-ortho nitro benzene ring substituents is 1. The fourth-order valence-corrected chi connectivity index (χ4v) is 2.13. The second-order valence-electron chi connectivity index (χ2n) is 5.41. The molecule has 0 radical (unpaired) electrons. The molecule has 0 saturated heterocycles. The molecule has 0 aliphatic carbocycles. The van der Waals surface area contributed by atoms with E-state index in [-0.39, 0.29) is 11.4 Å². The van der Waals surface area contributed by atoms with Crippen molar-refractivity contribution in [1.82, 2.24) is 0 Å². The standard InChI is InChI=1S/C17H17N3O6/c1-2-3-10-26-17(21)12-4-6-13(7-5-12)18-15-9-8-14(19(22)23)11-16(15)20(24)25/h4-9,11,18H,2-3,10H2,1H3. The summed E-state index contributed by atoms with van der Waals surface area (Å²) in [4.78, 5) is 32.3. The van der Waals surface area contributed by atoms with E-state index in [1.54, 1.807) is 12.1 Å². The van der Waals surface area contributed by atoms with Gasteiger partial charge in [0.1, 0.15) is 5.69 Å². The molecule has 2 aromatic rings. The van der Waals surface area contributed by atoms with Crippen LogP contribution in [0.5, 0.6) is 0 Å². The highest BCUT2D eigenvalue weighted by molar-refractivity contribution is 5.90. The molecule has 0 aliphatic heterocycles. The Morgan fingerprint density at radius 2 is 1.77 bits per heavy atom. The van der Waals surface area contributed by atoms with Crippen LogP contribution in [0, 0.1) is 20.2 Å². The van der Waals surface area contributed by atoms with Gasteiger partial charge >= 0.3 is 5.97 Å². The lowest BCUT2D eigenvalue weighted by Crippen LogP contribution is -2.06. The largest absolute Gasteiger partial charge is 0.462 e. The third kappa shape index (κ3) is 4.76. The summed E-state index contributed by atoms with van der Waals surface area (Å²) >= 11 is 0. The average Bonchev–Trinajstić information content (AvgIpc) is 2.62. The highest BCUT2D eigenvalue weighted by Crippen LogP contribution is 2.31. The first-order valence-corrected chi connectivity index (χ1v) is 7.89. The van der Waals surface area contributed by atoms with Crippen molar-refractivity contribution in [1.29, 1.82) is 0 Å². The molecule has 0 fully saturated rings. The van der Waals surface area contributed by atoms with Gasteiger partial charge in [-0.2, -0.15) is 0 Å². The third-order valence-electron chi connectivity index (χ3n) is 3.52. The molecule has 0 unspecified atom stereocenters. The lowest BCUT2D eigenvalue weighted by Gasteiger charge is -2.08. The number of nitro benzene ring substituents is 2. The summed E-state index contributed by atoms with van der Waals surface area (Å²) in [7, 11) is 0. The van der Waals surface area contributed by atoms with E-state index >= 15 is 0 Å². The summed E-state index contributed by atoms with van der Waals surface area (Å²) in [5.74, 6) is -0.439. The molecule has 136 valence electrons. The Bertz CT molecular complexity index is 820. The second-order valence-corrected chi connectivity index (χ2v) is 5.41. The quantitative estimate of drug-likeness (QED) is 0.324. The van der Waals surface area contributed by atoms with Crippen LogP contribution in [0.3, 0.4) is 0 Å². The molecule has 2 rings (SSSR count). The zero-order valence-electron chi connectivity index (χ0n) is 14.0. The summed E-state index contributed by atoms with van der Waals surface area (Å²) in [5.41, 5.74) is 0.186. The predicted octanol–water partition coefficient (Wildman–Crippen LogP) is 4.20. The minimum absolute atomic E-state index is 0.110. The summed E-state index contributed by atoms with van der Waals surface area (Å²) in [5, 5.41) is 24.7. The first kappa shape index (κ1) is 18.8. The monoisotopic (exact) mass is 359 g/mol. The molecule has 0 aromatic heterocycles. The van der Waals surface area contributed by atoms with E-state index < -0.39 is 21.5 Å². The Hall–Kier alpha value is -3.49. The maximum absolute atomic E-state index is 11.8. The first-order chi connectivity index (χ1) is 12.4. The Morgan fingerprint density at radius 3 is 2.35 bits per heavy atom. The number of benzene rings is 2. The molecule has 2 aromatic carbocycles. The maximum atomic E-state index is 11.8. The Balaban J connectivity index is 2.15. The molecule has 9 nitrogen and oxygen atoms in total. The van der Waals surface area contributed by atoms with Gasteiger partial charge in [0.25, 0.3) is 11.4 Å². The number of carbonyl (C=O) groups excluding carboxylic acids is 1. The number of nitrogens with one attached hydrogen (secondary N) is 1. The van der Waals surface area contributed by atoms with Crippen molar-refractivity contribution < 1.29 is 19.4 Å². The summed E-state index contributed by atoms with van der Waals surface area (Å²) < 4.78 is 5.10. The van der Waals surface area contributed by atoms with E-state index in [2.05, 4.69) is 5.32 Å². The van der Waals surface area contributed by atoms with Crippen LogP contribution in [0.4, 0.5) is 22.7 Å². The van der Waals surface area contributed by atoms with Gasteiger partial charge < -0.3 is 10.1 Å². The fourth-order valence-electron chi connectivity index (χ4n) is 2.13. The predicted molar refractivity (Wildman–Crippen MR) is 94.7 cm³/mol. The third-order valence-corrected chi connectivity index (χ3v) is 3.52. The molecule has 9 heteroatoms. The van der Waals surface area contributed by atoms with Crippen LogP contribution in [0.1, 0.15) is 30.1 Å². The van der Waals surface area contributed by atoms with Crippen molar-refractivity contribution >= 4 is 28.7 Å². The number of esters is 1. The van der Waals surface area contributed by atoms with Crippen molar-refractivity contribution in [2.75, 3.05) is 11.9 Å². The Labute approximate surface area is 148 Å². The number of hydrogen-bond acceptors (Lipinski definition) is 7. The van der Waals surface area contributed by atoms with Crippen LogP contribution in [0.25, 0.3) is 0 Å². The molecule has 0 amide bonds. The molecular formula is C17H17N3O6. The number of carbonyl (C=O) groups is 1. The highest BCUT2D eigenvalue weighted by atomic mass is 16.6. The van der Waals surface area contributed by atoms with Crippen molar-refractivity contribution in [2.24, 2.45) is 0 Å². The molecule has 0 saturated carbocycles. The minimum Gasteiger partial charge on any atom is -0.462 e. The molecule has 1 N–H and O–H groups in total. The van der Waals surface area contributed by atoms with Gasteiger partial charge in [0.05, 0.1) is 28.1 Å². The molecule has 0 spiro atoms. The van der Waals surface area contributed by atoms with Crippen molar-refractivity contribution in [2.45, 2.75) is 19.8 Å². The smallest absolute Gasteiger partial charge is 0.338 e. The van der Waals surface area contributed by atoms with Gasteiger partial charge in [-0.25, -0.2) is 4.79 Å². The van der Waals surface area contributed by atoms with E-state index in [1.165, 1.54) is 24.3 Å². The number of hydrogen-bond donors (Lipinski definition) is 1. The zero-order chi connectivity index (χ0) is 19.1. The van der Waals surface area contributed by atoms with Gasteiger partial charge in [0.2, 0.25) is 0 Å². The Morgan fingerprint density at radius 1 is 1.08 bits per heavy atom. The highest BCUT2D eigenvalue weighted by Gasteiger charge is 2.19. The van der Waals surface area contributed by atoms with Gasteiger partial charge in [-0.1, -0.05) is 13.3 Å². The average molecular weight is 359 g/mol. The number of ether oxygens (including phenoxy) is 1. The van der Waals surface area contributed by atoms with Crippen LogP contribution in [-0.2, 0) is 4.74 Å². The molecule has 0 atom stereocenters. The first-order valence-electron chi connectivity index (χ1n) is 7.89. The number of nitrogens with zero attached hydrogens (tertiary/aromatic N) is 2. The maximum Gasteiger partial charge on any atom is 0.338 e. The van der Waals surface area contributed by atoms with Crippen molar-refractivity contribution in [3.8, 4) is 0 Å². The number of nitro groups is 2. The van der Waals surface area contributed by atoms with Crippen LogP contribution in [0.15, 0.2) is 42.5 Å². The SMILES string of the molecule is CCCCOC(=O)c1ccc(Nc2ccc([N+](=O)[O-])cc2[N+](=O)[O-])cc1. The van der Waals surface area contributed by atoms with E-state index in [1.807, 2.05) is 6.92 Å². The number of rotatable bonds is 8. The van der Waals surface area contributed by atoms with Crippen molar-refractivity contribution in [3.05, 3.63) is 68.3 Å². The Kier molecular flexibility index (Phi) is 6.20. The van der Waals surface area contributed by atoms with Crippen LogP contribution >= 0.6 is 0 Å². The van der Waals surface area contributed by atoms with Crippen LogP contribution < -0.4 is 5.32 Å². The topological polar surface area (TPSA) is 125 Å². The summed E-state index contributed by atoms with van der Waals surface area (Å²) in [6.07, 6.45) is 1.71. The van der Waals surface area contributed by atoms with Crippen molar-refractivity contribution in [3.63, 3.8) is 0 Å². The van der Waals surface area contributed by atoms with Gasteiger partial charge in [-0.15, -0.1) is 0 Å². The van der Waals surface area contributed by atoms with Gasteiger partial charge in [0, 0.05) is 11.8 Å². The zero-order valence-corrected chi connectivity index (χ0v) is 14.0. The lowest BCUT2D eigenvalue weighted by atomic mass is 10.2. The molecule has 0 bridgehead atoms. The summed E-state index contributed by atoms with van der Waals surface area (Å²) in [6.45, 7) is 2.34. The lowest BCUT2D eigenvalue weighted by molar-refractivity contribution is -0.393. The van der Waals surface area contributed by atoms with Gasteiger partial charge in [-0.3, -0.25) is 20.2 Å². The number of unbranched alkanes of at least 4 members (excludes halogenated alkanes) is 1. The van der Waals surface area contributed by atoms with Gasteiger partial charge in [0.15, 0.2) is 0 Å². The molecule has 0 aliphatic rings. The minimum atomic E-state index is -0.700. The van der Waals surface area contributed by atoms with Crippen LogP contribution in [-0.4, -0.2) is 22.4 Å². The van der Waals surface area contributed by atoms with E-state index in [0.29, 0.717) is 17.9 Å². The second kappa shape index (κ2) is 8.56. The molecule has 26 heavy (non-hydrogen) atoms. The van der Waals surface area contributed by atoms with E-state index in [0.717, 1.165) is 18.9 Å². The summed E-state index contributed by atoms with van der Waals surface area (Å²) in [6, 6.07) is 9.55. The van der Waals surface area contributed by atoms with E-state index in [9.17, 15) is 25.0 Å². The van der Waals surface area contributed by atoms with Gasteiger partial charge in [-0.05, 0) is 36.8 Å². The molecule has 0 heterocycles. The molecular weight excluding hydrogens is 342 g/mol. The fraction of sp³-hybridized carbons (Fsp3) is 0.235.